The number of benzene rings is 2. The third kappa shape index (κ3) is 5.61. The number of anilines is 3. The number of nitrogens with two attached hydrogens (primary N) is 2. The number of rotatable bonds is 8. The van der Waals surface area contributed by atoms with Crippen molar-refractivity contribution in [1.82, 2.24) is 38.7 Å². The molecule has 1 fully saturated rings. The first-order chi connectivity index (χ1) is 25.9. The van der Waals surface area contributed by atoms with Crippen LogP contribution in [-0.2, 0) is 17.6 Å². The number of ether oxygens (including phenoxy) is 3. The van der Waals surface area contributed by atoms with E-state index in [2.05, 4.69) is 19.9 Å². The van der Waals surface area contributed by atoms with E-state index in [-0.39, 0.29) is 12.4 Å². The Hall–Kier alpha value is -6.61. The minimum Gasteiger partial charge on any atom is -0.494 e. The largest absolute Gasteiger partial charge is 0.494 e. The van der Waals surface area contributed by atoms with Gasteiger partial charge in [0.05, 0.1) is 44.5 Å². The Balaban J connectivity index is 1.07. The lowest BCUT2D eigenvalue weighted by atomic mass is 10.1. The second kappa shape index (κ2) is 12.9. The minimum absolute atomic E-state index is 0.181. The van der Waals surface area contributed by atoms with E-state index in [1.807, 2.05) is 54.7 Å². The first kappa shape index (κ1) is 32.3. The van der Waals surface area contributed by atoms with E-state index in [1.165, 1.54) is 6.20 Å². The van der Waals surface area contributed by atoms with Crippen LogP contribution >= 0.6 is 0 Å². The van der Waals surface area contributed by atoms with Gasteiger partial charge in [-0.1, -0.05) is 18.2 Å². The number of halogens is 1. The lowest BCUT2D eigenvalue weighted by Gasteiger charge is -2.30. The zero-order valence-electron chi connectivity index (χ0n) is 29.0. The van der Waals surface area contributed by atoms with Crippen molar-refractivity contribution in [3.05, 3.63) is 102 Å². The minimum atomic E-state index is -0.584. The molecular formula is C38H34FN11O3. The summed E-state index contributed by atoms with van der Waals surface area (Å²) in [5.41, 5.74) is 19.4. The van der Waals surface area contributed by atoms with Crippen LogP contribution in [0.25, 0.3) is 44.4 Å². The van der Waals surface area contributed by atoms with Crippen molar-refractivity contribution in [3.8, 4) is 22.8 Å². The predicted octanol–water partition coefficient (Wildman–Crippen LogP) is 4.87. The fraction of sp³-hybridized carbons (Fsp3) is 0.211. The Kier molecular flexibility index (Phi) is 7.84. The van der Waals surface area contributed by atoms with Crippen LogP contribution < -0.4 is 25.8 Å². The van der Waals surface area contributed by atoms with E-state index in [1.54, 1.807) is 35.3 Å². The van der Waals surface area contributed by atoms with Crippen molar-refractivity contribution in [1.29, 1.82) is 0 Å². The van der Waals surface area contributed by atoms with E-state index in [0.717, 1.165) is 27.8 Å². The fourth-order valence-corrected chi connectivity index (χ4v) is 7.03. The van der Waals surface area contributed by atoms with E-state index < -0.39 is 5.95 Å². The van der Waals surface area contributed by atoms with E-state index in [0.29, 0.717) is 95.0 Å². The standard InChI is InChI=1S/C38H34FN11O3/c1-51-29-7-3-5-26-31(29)46-37(40)49-19-24(43-35(26)49)16-21-9-10-28(45-34(21)48-11-13-53-14-12-48)23-15-22(33(39)42-18-23)17-25-20-50-36(44-25)27-6-4-8-30(52-2)32(27)47-38(50)41/h3-10,15,18-20H,11-14,16-17H2,1-2H3,(H2,40,46)(H2,41,47). The molecule has 2 aromatic carbocycles. The molecule has 0 atom stereocenters. The predicted molar refractivity (Wildman–Crippen MR) is 199 cm³/mol. The third-order valence-electron chi connectivity index (χ3n) is 9.59. The molecule has 0 saturated carbocycles. The van der Waals surface area contributed by atoms with Gasteiger partial charge >= 0.3 is 0 Å². The van der Waals surface area contributed by atoms with Gasteiger partial charge in [0.2, 0.25) is 17.8 Å². The Bertz CT molecular complexity index is 2710. The summed E-state index contributed by atoms with van der Waals surface area (Å²) in [6.07, 6.45) is 5.86. The van der Waals surface area contributed by atoms with Gasteiger partial charge in [-0.25, -0.2) is 29.9 Å². The maximum absolute atomic E-state index is 15.3. The van der Waals surface area contributed by atoms with Gasteiger partial charge in [-0.3, -0.25) is 8.80 Å². The monoisotopic (exact) mass is 711 g/mol. The number of morpholine rings is 1. The van der Waals surface area contributed by atoms with Crippen molar-refractivity contribution in [2.75, 3.05) is 56.9 Å². The maximum Gasteiger partial charge on any atom is 0.216 e. The first-order valence-electron chi connectivity index (χ1n) is 17.1. The molecule has 0 unspecified atom stereocenters. The summed E-state index contributed by atoms with van der Waals surface area (Å²) in [5, 5.41) is 1.61. The highest BCUT2D eigenvalue weighted by atomic mass is 19.1. The molecule has 9 rings (SSSR count). The summed E-state index contributed by atoms with van der Waals surface area (Å²) in [6, 6.07) is 17.1. The average molecular weight is 712 g/mol. The van der Waals surface area contributed by atoms with Crippen LogP contribution in [0.2, 0.25) is 0 Å². The number of imidazole rings is 2. The van der Waals surface area contributed by atoms with Gasteiger partial charge in [-0.2, -0.15) is 4.39 Å². The van der Waals surface area contributed by atoms with Gasteiger partial charge in [0.15, 0.2) is 0 Å². The molecule has 8 aromatic rings. The van der Waals surface area contributed by atoms with E-state index >= 15 is 4.39 Å². The van der Waals surface area contributed by atoms with Crippen LogP contribution in [-0.4, -0.2) is 79.2 Å². The van der Waals surface area contributed by atoms with Crippen LogP contribution in [0.3, 0.4) is 0 Å². The van der Waals surface area contributed by atoms with Crippen LogP contribution in [0, 0.1) is 5.95 Å². The molecular weight excluding hydrogens is 677 g/mol. The van der Waals surface area contributed by atoms with Gasteiger partial charge in [0, 0.05) is 72.0 Å². The van der Waals surface area contributed by atoms with E-state index in [4.69, 9.17) is 40.6 Å². The summed E-state index contributed by atoms with van der Waals surface area (Å²) >= 11 is 0. The Morgan fingerprint density at radius 2 is 1.32 bits per heavy atom. The van der Waals surface area contributed by atoms with Gasteiger partial charge in [-0.15, -0.1) is 0 Å². The Morgan fingerprint density at radius 3 is 1.91 bits per heavy atom. The molecule has 1 aliphatic rings. The lowest BCUT2D eigenvalue weighted by molar-refractivity contribution is 0.122. The number of hydrogen-bond acceptors (Lipinski definition) is 12. The molecule has 0 amide bonds. The average Bonchev–Trinajstić information content (AvgIpc) is 3.82. The molecule has 1 aliphatic heterocycles. The second-order valence-corrected chi connectivity index (χ2v) is 12.8. The molecule has 0 spiro atoms. The lowest BCUT2D eigenvalue weighted by Crippen LogP contribution is -2.37. The highest BCUT2D eigenvalue weighted by Gasteiger charge is 2.21. The van der Waals surface area contributed by atoms with Gasteiger partial charge in [-0.05, 0) is 36.4 Å². The summed E-state index contributed by atoms with van der Waals surface area (Å²) < 4.78 is 35.5. The quantitative estimate of drug-likeness (QED) is 0.205. The fourth-order valence-electron chi connectivity index (χ4n) is 7.03. The molecule has 7 heterocycles. The summed E-state index contributed by atoms with van der Waals surface area (Å²) in [4.78, 5) is 30.4. The number of fused-ring (bicyclic) bond motifs is 6. The number of nitrogens with zero attached hydrogens (tertiary/aromatic N) is 9. The van der Waals surface area contributed by atoms with Gasteiger partial charge < -0.3 is 30.6 Å². The van der Waals surface area contributed by atoms with Crippen molar-refractivity contribution >= 4 is 50.8 Å². The Labute approximate surface area is 301 Å². The van der Waals surface area contributed by atoms with Gasteiger partial charge in [0.25, 0.3) is 0 Å². The van der Waals surface area contributed by atoms with Crippen LogP contribution in [0.5, 0.6) is 11.5 Å². The van der Waals surface area contributed by atoms with Crippen LogP contribution in [0.4, 0.5) is 22.1 Å². The van der Waals surface area contributed by atoms with Crippen LogP contribution in [0.1, 0.15) is 22.5 Å². The molecule has 1 saturated heterocycles. The Morgan fingerprint density at radius 1 is 0.736 bits per heavy atom. The van der Waals surface area contributed by atoms with Crippen molar-refractivity contribution in [2.45, 2.75) is 12.8 Å². The van der Waals surface area contributed by atoms with Crippen LogP contribution in [0.15, 0.2) is 73.2 Å². The smallest absolute Gasteiger partial charge is 0.216 e. The summed E-state index contributed by atoms with van der Waals surface area (Å²) in [5.74, 6) is 2.00. The van der Waals surface area contributed by atoms with E-state index in [9.17, 15) is 0 Å². The number of hydrogen-bond donors (Lipinski definition) is 2. The molecule has 0 aliphatic carbocycles. The third-order valence-corrected chi connectivity index (χ3v) is 9.59. The molecule has 14 nitrogen and oxygen atoms in total. The molecule has 0 bridgehead atoms. The molecule has 4 N–H and O–H groups in total. The second-order valence-electron chi connectivity index (χ2n) is 12.8. The van der Waals surface area contributed by atoms with Crippen molar-refractivity contribution in [2.24, 2.45) is 0 Å². The molecule has 6 aromatic heterocycles. The summed E-state index contributed by atoms with van der Waals surface area (Å²) in [7, 11) is 3.19. The number of aromatic nitrogens is 8. The molecule has 15 heteroatoms. The maximum atomic E-state index is 15.3. The first-order valence-corrected chi connectivity index (χ1v) is 17.1. The SMILES string of the molecule is COc1cccc2c1nc(N)n1cc(Cc3cc(-c4ccc(Cc5cn6c(N)nc7c(OC)cccc7c6n5)c(N5CCOCC5)n4)cnc3F)nc21. The number of nitrogen functional groups attached to an aromatic ring is 2. The normalized spacial score (nSPS) is 13.5. The van der Waals surface area contributed by atoms with Gasteiger partial charge in [0.1, 0.15) is 39.6 Å². The van der Waals surface area contributed by atoms with Crippen molar-refractivity contribution in [3.63, 3.8) is 0 Å². The number of methoxy groups -OCH3 is 2. The molecule has 0 radical (unpaired) electrons. The zero-order valence-corrected chi connectivity index (χ0v) is 29.0. The topological polar surface area (TPSA) is 169 Å². The number of pyridine rings is 2. The highest BCUT2D eigenvalue weighted by molar-refractivity contribution is 5.97. The summed E-state index contributed by atoms with van der Waals surface area (Å²) in [6.45, 7) is 2.52. The molecule has 53 heavy (non-hydrogen) atoms. The number of para-hydroxylation sites is 2. The molecule has 266 valence electrons. The highest BCUT2D eigenvalue weighted by Crippen LogP contribution is 2.32. The van der Waals surface area contributed by atoms with Crippen molar-refractivity contribution < 1.29 is 18.6 Å². The zero-order chi connectivity index (χ0) is 36.2.